The zero-order valence-corrected chi connectivity index (χ0v) is 12.4. The third kappa shape index (κ3) is 3.59. The first-order valence-corrected chi connectivity index (χ1v) is 7.18. The van der Waals surface area contributed by atoms with Crippen molar-refractivity contribution in [3.63, 3.8) is 0 Å². The van der Waals surface area contributed by atoms with Crippen LogP contribution >= 0.6 is 27.3 Å². The number of thiophene rings is 1. The van der Waals surface area contributed by atoms with Gasteiger partial charge in [0, 0.05) is 17.8 Å². The summed E-state index contributed by atoms with van der Waals surface area (Å²) in [5.74, 6) is 0.433. The van der Waals surface area contributed by atoms with Crippen molar-refractivity contribution in [3.8, 4) is 0 Å². The van der Waals surface area contributed by atoms with E-state index in [2.05, 4.69) is 35.8 Å². The Balaban J connectivity index is 2.57. The van der Waals surface area contributed by atoms with Crippen LogP contribution in [0.4, 0.5) is 0 Å². The normalized spacial score (nSPS) is 10.8. The highest BCUT2D eigenvalue weighted by molar-refractivity contribution is 9.11. The maximum absolute atomic E-state index is 12.0. The summed E-state index contributed by atoms with van der Waals surface area (Å²) in [6, 6.07) is 4.08. The van der Waals surface area contributed by atoms with Crippen LogP contribution in [0.2, 0.25) is 0 Å². The highest BCUT2D eigenvalue weighted by Crippen LogP contribution is 2.23. The van der Waals surface area contributed by atoms with E-state index in [0.29, 0.717) is 6.54 Å². The predicted molar refractivity (Wildman–Crippen MR) is 72.6 cm³/mol. The van der Waals surface area contributed by atoms with Crippen molar-refractivity contribution in [2.45, 2.75) is 33.2 Å². The average molecular weight is 304 g/mol. The molecule has 0 spiro atoms. The quantitative estimate of drug-likeness (QED) is 0.808. The Morgan fingerprint density at radius 1 is 1.44 bits per heavy atom. The summed E-state index contributed by atoms with van der Waals surface area (Å²) in [5, 5.41) is 0. The third-order valence-electron chi connectivity index (χ3n) is 2.73. The second-order valence-electron chi connectivity index (χ2n) is 3.91. The lowest BCUT2D eigenvalue weighted by molar-refractivity contribution is -0.134. The fraction of sp³-hybridized carbons (Fsp3) is 0.583. The second-order valence-corrected chi connectivity index (χ2v) is 6.46. The molecule has 0 aliphatic carbocycles. The minimum Gasteiger partial charge on any atom is -0.340 e. The number of carbonyl (C=O) groups excluding carboxylic acids is 1. The molecule has 0 N–H and O–H groups in total. The van der Waals surface area contributed by atoms with E-state index in [4.69, 9.17) is 0 Å². The molecule has 0 saturated heterocycles. The van der Waals surface area contributed by atoms with Gasteiger partial charge in [-0.05, 0) is 40.9 Å². The Morgan fingerprint density at radius 3 is 2.50 bits per heavy atom. The van der Waals surface area contributed by atoms with Crippen molar-refractivity contribution in [3.05, 3.63) is 20.8 Å². The van der Waals surface area contributed by atoms with Gasteiger partial charge in [-0.15, -0.1) is 11.3 Å². The molecule has 1 rings (SSSR count). The molecule has 0 aromatic carbocycles. The average Bonchev–Trinajstić information content (AvgIpc) is 2.65. The van der Waals surface area contributed by atoms with Gasteiger partial charge in [0.1, 0.15) is 0 Å². The lowest BCUT2D eigenvalue weighted by Crippen LogP contribution is -2.31. The summed E-state index contributed by atoms with van der Waals surface area (Å²) >= 11 is 5.11. The Morgan fingerprint density at radius 2 is 2.06 bits per heavy atom. The first kappa shape index (κ1) is 13.7. The molecule has 0 fully saturated rings. The van der Waals surface area contributed by atoms with Gasteiger partial charge >= 0.3 is 0 Å². The summed E-state index contributed by atoms with van der Waals surface area (Å²) in [6.07, 6.45) is 1.85. The molecule has 1 aromatic heterocycles. The zero-order valence-electron chi connectivity index (χ0n) is 10.00. The van der Waals surface area contributed by atoms with Crippen LogP contribution in [0, 0.1) is 5.92 Å². The number of nitrogens with zero attached hydrogens (tertiary/aromatic N) is 1. The molecule has 0 radical (unpaired) electrons. The van der Waals surface area contributed by atoms with Crippen LogP contribution in [0.15, 0.2) is 15.9 Å². The molecule has 0 saturated carbocycles. The van der Waals surface area contributed by atoms with E-state index < -0.39 is 0 Å². The summed E-state index contributed by atoms with van der Waals surface area (Å²) in [6.45, 7) is 4.86. The van der Waals surface area contributed by atoms with Crippen LogP contribution < -0.4 is 0 Å². The van der Waals surface area contributed by atoms with Gasteiger partial charge in [0.25, 0.3) is 0 Å². The largest absolute Gasteiger partial charge is 0.340 e. The number of hydrogen-bond acceptors (Lipinski definition) is 2. The van der Waals surface area contributed by atoms with E-state index in [0.717, 1.165) is 16.6 Å². The zero-order chi connectivity index (χ0) is 12.1. The predicted octanol–water partition coefficient (Wildman–Crippen LogP) is 3.91. The molecular formula is C12H18BrNOS. The van der Waals surface area contributed by atoms with E-state index in [1.807, 2.05) is 18.0 Å². The fourth-order valence-electron chi connectivity index (χ4n) is 1.70. The summed E-state index contributed by atoms with van der Waals surface area (Å²) in [5.41, 5.74) is 0. The van der Waals surface area contributed by atoms with Crippen molar-refractivity contribution in [2.75, 3.05) is 7.05 Å². The topological polar surface area (TPSA) is 20.3 Å². The van der Waals surface area contributed by atoms with Gasteiger partial charge in [-0.25, -0.2) is 0 Å². The molecule has 0 unspecified atom stereocenters. The van der Waals surface area contributed by atoms with Gasteiger partial charge in [-0.3, -0.25) is 4.79 Å². The fourth-order valence-corrected chi connectivity index (χ4v) is 3.23. The third-order valence-corrected chi connectivity index (χ3v) is 4.34. The van der Waals surface area contributed by atoms with Gasteiger partial charge in [0.15, 0.2) is 0 Å². The number of rotatable bonds is 5. The number of carbonyl (C=O) groups is 1. The molecule has 4 heteroatoms. The summed E-state index contributed by atoms with van der Waals surface area (Å²) in [4.78, 5) is 15.1. The minimum absolute atomic E-state index is 0.174. The summed E-state index contributed by atoms with van der Waals surface area (Å²) < 4.78 is 1.12. The maximum Gasteiger partial charge on any atom is 0.225 e. The van der Waals surface area contributed by atoms with E-state index in [1.165, 1.54) is 4.88 Å². The monoisotopic (exact) mass is 303 g/mol. The Kier molecular flexibility index (Phi) is 5.49. The standard InChI is InChI=1S/C12H18BrNOS/c1-4-9(5-2)12(15)14(3)8-10-6-7-11(13)16-10/h6-7,9H,4-5,8H2,1-3H3. The number of halogens is 1. The van der Waals surface area contributed by atoms with Crippen LogP contribution in [0.5, 0.6) is 0 Å². The number of hydrogen-bond donors (Lipinski definition) is 0. The van der Waals surface area contributed by atoms with Gasteiger partial charge in [0.2, 0.25) is 5.91 Å². The SMILES string of the molecule is CCC(CC)C(=O)N(C)Cc1ccc(Br)s1. The second kappa shape index (κ2) is 6.40. The Bertz CT molecular complexity index is 347. The lowest BCUT2D eigenvalue weighted by atomic mass is 10.0. The molecule has 1 aromatic rings. The highest BCUT2D eigenvalue weighted by Gasteiger charge is 2.18. The first-order valence-electron chi connectivity index (χ1n) is 5.57. The molecule has 0 atom stereocenters. The smallest absolute Gasteiger partial charge is 0.225 e. The van der Waals surface area contributed by atoms with Crippen LogP contribution in [0.25, 0.3) is 0 Å². The van der Waals surface area contributed by atoms with Crippen LogP contribution in [-0.4, -0.2) is 17.9 Å². The first-order chi connectivity index (χ1) is 7.58. The van der Waals surface area contributed by atoms with E-state index in [1.54, 1.807) is 11.3 Å². The van der Waals surface area contributed by atoms with Gasteiger partial charge in [-0.2, -0.15) is 0 Å². The van der Waals surface area contributed by atoms with Gasteiger partial charge in [0.05, 0.1) is 10.3 Å². The van der Waals surface area contributed by atoms with Crippen LogP contribution in [-0.2, 0) is 11.3 Å². The van der Waals surface area contributed by atoms with Crippen molar-refractivity contribution in [1.82, 2.24) is 4.90 Å². The molecule has 90 valence electrons. The molecule has 0 aliphatic rings. The van der Waals surface area contributed by atoms with E-state index in [9.17, 15) is 4.79 Å². The number of amides is 1. The maximum atomic E-state index is 12.0. The van der Waals surface area contributed by atoms with Gasteiger partial charge < -0.3 is 4.90 Å². The lowest BCUT2D eigenvalue weighted by Gasteiger charge is -2.21. The molecule has 16 heavy (non-hydrogen) atoms. The molecular weight excluding hydrogens is 286 g/mol. The van der Waals surface area contributed by atoms with Crippen molar-refractivity contribution < 1.29 is 4.79 Å². The van der Waals surface area contributed by atoms with E-state index in [-0.39, 0.29) is 11.8 Å². The molecule has 1 heterocycles. The van der Waals surface area contributed by atoms with Crippen molar-refractivity contribution >= 4 is 33.2 Å². The Hall–Kier alpha value is -0.350. The van der Waals surface area contributed by atoms with Crippen LogP contribution in [0.3, 0.4) is 0 Å². The molecule has 2 nitrogen and oxygen atoms in total. The summed E-state index contributed by atoms with van der Waals surface area (Å²) in [7, 11) is 1.88. The minimum atomic E-state index is 0.174. The highest BCUT2D eigenvalue weighted by atomic mass is 79.9. The van der Waals surface area contributed by atoms with Crippen molar-refractivity contribution in [1.29, 1.82) is 0 Å². The molecule has 0 aliphatic heterocycles. The molecule has 0 bridgehead atoms. The Labute approximate surface area is 110 Å². The van der Waals surface area contributed by atoms with E-state index >= 15 is 0 Å². The van der Waals surface area contributed by atoms with Crippen molar-refractivity contribution in [2.24, 2.45) is 5.92 Å². The van der Waals surface area contributed by atoms with Crippen LogP contribution in [0.1, 0.15) is 31.6 Å². The van der Waals surface area contributed by atoms with Gasteiger partial charge in [-0.1, -0.05) is 13.8 Å². The molecule has 1 amide bonds.